The Hall–Kier alpha value is -1.83. The molecule has 0 aliphatic heterocycles. The fourth-order valence-corrected chi connectivity index (χ4v) is 2.54. The standard InChI is InChI=1S/C16H18O2/c1-3-16(15(17)18)10-9-14(11-12(16)2)13-7-5-4-6-8-13/h4-12H,3H2,1-2H3,(H,17,18). The summed E-state index contributed by atoms with van der Waals surface area (Å²) in [5.41, 5.74) is 1.49. The topological polar surface area (TPSA) is 37.3 Å². The van der Waals surface area contributed by atoms with E-state index in [0.29, 0.717) is 6.42 Å². The molecule has 94 valence electrons. The zero-order valence-corrected chi connectivity index (χ0v) is 10.8. The summed E-state index contributed by atoms with van der Waals surface area (Å²) >= 11 is 0. The van der Waals surface area contributed by atoms with Gasteiger partial charge >= 0.3 is 5.97 Å². The first-order valence-electron chi connectivity index (χ1n) is 6.30. The predicted octanol–water partition coefficient (Wildman–Crippen LogP) is 3.76. The first-order chi connectivity index (χ1) is 8.60. The van der Waals surface area contributed by atoms with E-state index in [1.54, 1.807) is 0 Å². The minimum absolute atomic E-state index is 0.000191. The lowest BCUT2D eigenvalue weighted by molar-refractivity contribution is -0.148. The number of hydrogen-bond donors (Lipinski definition) is 1. The lowest BCUT2D eigenvalue weighted by atomic mass is 9.70. The molecule has 0 aromatic heterocycles. The van der Waals surface area contributed by atoms with Gasteiger partial charge in [0.05, 0.1) is 5.41 Å². The largest absolute Gasteiger partial charge is 0.481 e. The molecule has 0 saturated carbocycles. The number of aliphatic carboxylic acids is 1. The Morgan fingerprint density at radius 3 is 2.50 bits per heavy atom. The van der Waals surface area contributed by atoms with Crippen LogP contribution < -0.4 is 0 Å². The average Bonchev–Trinajstić information content (AvgIpc) is 2.39. The zero-order valence-electron chi connectivity index (χ0n) is 10.8. The fraction of sp³-hybridized carbons (Fsp3) is 0.312. The van der Waals surface area contributed by atoms with Crippen molar-refractivity contribution in [3.8, 4) is 0 Å². The summed E-state index contributed by atoms with van der Waals surface area (Å²) in [6.45, 7) is 3.90. The van der Waals surface area contributed by atoms with Crippen molar-refractivity contribution in [3.05, 3.63) is 54.1 Å². The Morgan fingerprint density at radius 2 is 2.00 bits per heavy atom. The Balaban J connectivity index is 2.36. The minimum Gasteiger partial charge on any atom is -0.481 e. The molecule has 0 saturated heterocycles. The Kier molecular flexibility index (Phi) is 3.37. The molecule has 0 radical (unpaired) electrons. The average molecular weight is 242 g/mol. The number of carboxylic acids is 1. The van der Waals surface area contributed by atoms with E-state index in [0.717, 1.165) is 11.1 Å². The Labute approximate surface area is 108 Å². The van der Waals surface area contributed by atoms with Gasteiger partial charge in [0.25, 0.3) is 0 Å². The van der Waals surface area contributed by atoms with Crippen LogP contribution in [0.25, 0.3) is 5.57 Å². The van der Waals surface area contributed by atoms with Crippen LogP contribution in [0.5, 0.6) is 0 Å². The molecule has 1 aliphatic carbocycles. The normalized spacial score (nSPS) is 26.8. The van der Waals surface area contributed by atoms with Gasteiger partial charge < -0.3 is 5.11 Å². The van der Waals surface area contributed by atoms with Crippen LogP contribution >= 0.6 is 0 Å². The van der Waals surface area contributed by atoms with Crippen LogP contribution in [0.4, 0.5) is 0 Å². The zero-order chi connectivity index (χ0) is 13.2. The van der Waals surface area contributed by atoms with E-state index in [-0.39, 0.29) is 5.92 Å². The van der Waals surface area contributed by atoms with Crippen molar-refractivity contribution in [1.82, 2.24) is 0 Å². The van der Waals surface area contributed by atoms with Crippen LogP contribution in [-0.4, -0.2) is 11.1 Å². The van der Waals surface area contributed by atoms with Gasteiger partial charge in [0, 0.05) is 0 Å². The van der Waals surface area contributed by atoms with Crippen molar-refractivity contribution in [3.63, 3.8) is 0 Å². The lowest BCUT2D eigenvalue weighted by Crippen LogP contribution is -2.35. The van der Waals surface area contributed by atoms with E-state index < -0.39 is 11.4 Å². The molecule has 0 fully saturated rings. The summed E-state index contributed by atoms with van der Waals surface area (Å²) in [5, 5.41) is 9.44. The van der Waals surface area contributed by atoms with Gasteiger partial charge in [-0.1, -0.05) is 62.4 Å². The van der Waals surface area contributed by atoms with Crippen LogP contribution in [0.15, 0.2) is 48.6 Å². The van der Waals surface area contributed by atoms with Crippen LogP contribution in [0, 0.1) is 11.3 Å². The summed E-state index contributed by atoms with van der Waals surface area (Å²) < 4.78 is 0. The second kappa shape index (κ2) is 4.81. The van der Waals surface area contributed by atoms with E-state index in [1.165, 1.54) is 0 Å². The molecule has 0 amide bonds. The van der Waals surface area contributed by atoms with Crippen molar-refractivity contribution in [2.45, 2.75) is 20.3 Å². The first kappa shape index (κ1) is 12.6. The van der Waals surface area contributed by atoms with Crippen molar-refractivity contribution in [1.29, 1.82) is 0 Å². The maximum atomic E-state index is 11.5. The maximum absolute atomic E-state index is 11.5. The van der Waals surface area contributed by atoms with Gasteiger partial charge in [-0.25, -0.2) is 0 Å². The molecule has 2 nitrogen and oxygen atoms in total. The van der Waals surface area contributed by atoms with Crippen molar-refractivity contribution in [2.75, 3.05) is 0 Å². The maximum Gasteiger partial charge on any atom is 0.314 e. The third-order valence-corrected chi connectivity index (χ3v) is 3.89. The SMILES string of the molecule is CCC1(C(=O)O)C=CC(c2ccccc2)=CC1C. The quantitative estimate of drug-likeness (QED) is 0.876. The van der Waals surface area contributed by atoms with Gasteiger partial charge in [0.1, 0.15) is 0 Å². The van der Waals surface area contributed by atoms with E-state index in [9.17, 15) is 9.90 Å². The molecule has 0 spiro atoms. The number of benzene rings is 1. The summed E-state index contributed by atoms with van der Waals surface area (Å²) in [4.78, 5) is 11.5. The molecule has 2 unspecified atom stereocenters. The van der Waals surface area contributed by atoms with Crippen LogP contribution in [0.1, 0.15) is 25.8 Å². The number of carboxylic acid groups (broad SMARTS) is 1. The molecule has 2 heteroatoms. The van der Waals surface area contributed by atoms with Crippen molar-refractivity contribution in [2.24, 2.45) is 11.3 Å². The molecule has 1 aromatic carbocycles. The lowest BCUT2D eigenvalue weighted by Gasteiger charge is -2.33. The number of allylic oxidation sites excluding steroid dienone is 3. The molecule has 1 N–H and O–H groups in total. The van der Waals surface area contributed by atoms with Crippen molar-refractivity contribution >= 4 is 11.5 Å². The number of rotatable bonds is 3. The molecule has 1 aromatic rings. The van der Waals surface area contributed by atoms with Crippen molar-refractivity contribution < 1.29 is 9.90 Å². The molecular weight excluding hydrogens is 224 g/mol. The molecule has 1 aliphatic rings. The van der Waals surface area contributed by atoms with Crippen LogP contribution in [-0.2, 0) is 4.79 Å². The highest BCUT2D eigenvalue weighted by Crippen LogP contribution is 2.40. The summed E-state index contributed by atoms with van der Waals surface area (Å²) in [7, 11) is 0. The number of hydrogen-bond acceptors (Lipinski definition) is 1. The molecule has 2 atom stereocenters. The second-order valence-corrected chi connectivity index (χ2v) is 4.81. The molecular formula is C16H18O2. The van der Waals surface area contributed by atoms with E-state index in [1.807, 2.05) is 56.3 Å². The Bertz CT molecular complexity index is 499. The van der Waals surface area contributed by atoms with Gasteiger partial charge in [-0.2, -0.15) is 0 Å². The predicted molar refractivity (Wildman–Crippen MR) is 73.1 cm³/mol. The van der Waals surface area contributed by atoms with Gasteiger partial charge in [0.15, 0.2) is 0 Å². The van der Waals surface area contributed by atoms with Gasteiger partial charge in [-0.15, -0.1) is 0 Å². The minimum atomic E-state index is -0.752. The van der Waals surface area contributed by atoms with Gasteiger partial charge in [-0.05, 0) is 23.5 Å². The molecule has 18 heavy (non-hydrogen) atoms. The monoisotopic (exact) mass is 242 g/mol. The third kappa shape index (κ3) is 1.99. The molecule has 2 rings (SSSR count). The number of carbonyl (C=O) groups is 1. The highest BCUT2D eigenvalue weighted by Gasteiger charge is 2.40. The van der Waals surface area contributed by atoms with Gasteiger partial charge in [-0.3, -0.25) is 4.79 Å². The smallest absolute Gasteiger partial charge is 0.314 e. The van der Waals surface area contributed by atoms with Crippen LogP contribution in [0.3, 0.4) is 0 Å². The highest BCUT2D eigenvalue weighted by atomic mass is 16.4. The summed E-state index contributed by atoms with van der Waals surface area (Å²) in [6, 6.07) is 10.1. The highest BCUT2D eigenvalue weighted by molar-refractivity contribution is 5.83. The summed E-state index contributed by atoms with van der Waals surface area (Å²) in [6.07, 6.45) is 6.46. The Morgan fingerprint density at radius 1 is 1.33 bits per heavy atom. The van der Waals surface area contributed by atoms with Crippen LogP contribution in [0.2, 0.25) is 0 Å². The first-order valence-corrected chi connectivity index (χ1v) is 6.30. The van der Waals surface area contributed by atoms with E-state index in [2.05, 4.69) is 6.08 Å². The third-order valence-electron chi connectivity index (χ3n) is 3.89. The van der Waals surface area contributed by atoms with E-state index in [4.69, 9.17) is 0 Å². The van der Waals surface area contributed by atoms with E-state index >= 15 is 0 Å². The second-order valence-electron chi connectivity index (χ2n) is 4.81. The summed E-state index contributed by atoms with van der Waals surface area (Å²) in [5.74, 6) is -0.739. The fourth-order valence-electron chi connectivity index (χ4n) is 2.54. The molecule has 0 bridgehead atoms. The van der Waals surface area contributed by atoms with Gasteiger partial charge in [0.2, 0.25) is 0 Å². The molecule has 0 heterocycles.